The van der Waals surface area contributed by atoms with Crippen LogP contribution in [0, 0.1) is 10.1 Å². The van der Waals surface area contributed by atoms with Gasteiger partial charge in [-0.25, -0.2) is 0 Å². The molecule has 0 spiro atoms. The molecule has 132 valence electrons. The summed E-state index contributed by atoms with van der Waals surface area (Å²) in [6.45, 7) is 0.622. The summed E-state index contributed by atoms with van der Waals surface area (Å²) in [5, 5.41) is 10.8. The lowest BCUT2D eigenvalue weighted by Gasteiger charge is -2.18. The van der Waals surface area contributed by atoms with Crippen molar-refractivity contribution in [2.45, 2.75) is 0 Å². The van der Waals surface area contributed by atoms with Gasteiger partial charge in [-0.2, -0.15) is 0 Å². The molecule has 25 heavy (non-hydrogen) atoms. The summed E-state index contributed by atoms with van der Waals surface area (Å²) in [6.07, 6.45) is 0. The highest BCUT2D eigenvalue weighted by Gasteiger charge is 2.18. The number of hydrogen-bond donors (Lipinski definition) is 0. The van der Waals surface area contributed by atoms with E-state index in [1.165, 1.54) is 17.0 Å². The van der Waals surface area contributed by atoms with Crippen LogP contribution in [0.25, 0.3) is 0 Å². The second kappa shape index (κ2) is 8.34. The van der Waals surface area contributed by atoms with E-state index < -0.39 is 4.92 Å². The molecule has 0 saturated carbocycles. The lowest BCUT2D eigenvalue weighted by molar-refractivity contribution is -0.384. The fraction of sp³-hybridized carbons (Fsp3) is 0.235. The molecular formula is C17H17ClN2O5. The molecule has 7 nitrogen and oxygen atoms in total. The Morgan fingerprint density at radius 3 is 2.40 bits per heavy atom. The lowest BCUT2D eigenvalue weighted by Crippen LogP contribution is -2.31. The molecule has 1 amide bonds. The third-order valence-corrected chi connectivity index (χ3v) is 3.81. The molecule has 0 fully saturated rings. The molecule has 0 bridgehead atoms. The molecule has 2 rings (SSSR count). The Morgan fingerprint density at radius 2 is 1.84 bits per heavy atom. The molecule has 0 aliphatic carbocycles. The number of ether oxygens (including phenoxy) is 2. The average molecular weight is 365 g/mol. The van der Waals surface area contributed by atoms with E-state index in [9.17, 15) is 14.9 Å². The molecule has 0 aromatic heterocycles. The molecule has 2 aromatic rings. The Morgan fingerprint density at radius 1 is 1.20 bits per heavy atom. The maximum absolute atomic E-state index is 12.4. The Bertz CT molecular complexity index is 764. The highest BCUT2D eigenvalue weighted by Crippen LogP contribution is 2.23. The summed E-state index contributed by atoms with van der Waals surface area (Å²) >= 11 is 5.98. The monoisotopic (exact) mass is 364 g/mol. The van der Waals surface area contributed by atoms with Crippen molar-refractivity contribution in [1.82, 2.24) is 4.90 Å². The molecular weight excluding hydrogens is 348 g/mol. The molecule has 0 aliphatic rings. The van der Waals surface area contributed by atoms with Crippen LogP contribution in [0.3, 0.4) is 0 Å². The van der Waals surface area contributed by atoms with E-state index in [0.717, 1.165) is 11.8 Å². The van der Waals surface area contributed by atoms with Gasteiger partial charge in [-0.1, -0.05) is 11.6 Å². The van der Waals surface area contributed by atoms with Gasteiger partial charge in [-0.3, -0.25) is 14.9 Å². The summed E-state index contributed by atoms with van der Waals surface area (Å²) in [5.41, 5.74) is 0.0475. The number of rotatable bonds is 7. The third-order valence-electron chi connectivity index (χ3n) is 3.50. The van der Waals surface area contributed by atoms with Gasteiger partial charge in [0.25, 0.3) is 11.6 Å². The second-order valence-corrected chi connectivity index (χ2v) is 5.58. The van der Waals surface area contributed by atoms with Gasteiger partial charge in [-0.15, -0.1) is 0 Å². The zero-order chi connectivity index (χ0) is 18.4. The number of methoxy groups -OCH3 is 1. The second-order valence-electron chi connectivity index (χ2n) is 5.17. The van der Waals surface area contributed by atoms with Crippen LogP contribution in [0.2, 0.25) is 5.02 Å². The largest absolute Gasteiger partial charge is 0.497 e. The molecule has 2 aromatic carbocycles. The predicted molar refractivity (Wildman–Crippen MR) is 93.6 cm³/mol. The van der Waals surface area contributed by atoms with E-state index in [1.54, 1.807) is 38.4 Å². The quantitative estimate of drug-likeness (QED) is 0.555. The molecule has 8 heteroatoms. The first kappa shape index (κ1) is 18.5. The summed E-state index contributed by atoms with van der Waals surface area (Å²) in [5.74, 6) is 1.06. The molecule has 0 unspecified atom stereocenters. The maximum atomic E-state index is 12.4. The smallest absolute Gasteiger partial charge is 0.270 e. The first-order valence-corrected chi connectivity index (χ1v) is 7.76. The molecule has 0 atom stereocenters. The Hall–Kier alpha value is -2.80. The Balaban J connectivity index is 1.92. The predicted octanol–water partition coefficient (Wildman–Crippen LogP) is 3.41. The van der Waals surface area contributed by atoms with E-state index in [-0.39, 0.29) is 22.2 Å². The number of amides is 1. The number of benzene rings is 2. The average Bonchev–Trinajstić information content (AvgIpc) is 2.61. The zero-order valence-electron chi connectivity index (χ0n) is 13.8. The van der Waals surface area contributed by atoms with Crippen LogP contribution in [0.4, 0.5) is 5.69 Å². The first-order valence-electron chi connectivity index (χ1n) is 7.38. The third kappa shape index (κ3) is 4.84. The topological polar surface area (TPSA) is 81.9 Å². The summed E-state index contributed by atoms with van der Waals surface area (Å²) in [4.78, 5) is 24.0. The summed E-state index contributed by atoms with van der Waals surface area (Å²) in [6, 6.07) is 10.9. The molecule has 0 radical (unpaired) electrons. The normalized spacial score (nSPS) is 10.2. The summed E-state index contributed by atoms with van der Waals surface area (Å²) in [7, 11) is 3.19. The van der Waals surface area contributed by atoms with Crippen LogP contribution >= 0.6 is 11.6 Å². The Kier molecular flexibility index (Phi) is 6.19. The van der Waals surface area contributed by atoms with Crippen molar-refractivity contribution in [2.75, 3.05) is 27.3 Å². The number of carbonyl (C=O) groups excluding carboxylic acids is 1. The number of likely N-dealkylation sites (N-methyl/N-ethyl adjacent to an activating group) is 1. The number of halogens is 1. The fourth-order valence-electron chi connectivity index (χ4n) is 2.07. The van der Waals surface area contributed by atoms with Crippen molar-refractivity contribution in [2.24, 2.45) is 0 Å². The van der Waals surface area contributed by atoms with Gasteiger partial charge in [0.2, 0.25) is 0 Å². The number of nitro groups is 1. The van der Waals surface area contributed by atoms with Crippen LogP contribution in [-0.2, 0) is 0 Å². The minimum atomic E-state index is -0.563. The highest BCUT2D eigenvalue weighted by molar-refractivity contribution is 6.34. The van der Waals surface area contributed by atoms with E-state index in [2.05, 4.69) is 0 Å². The minimum Gasteiger partial charge on any atom is -0.497 e. The first-order chi connectivity index (χ1) is 11.9. The molecule has 0 heterocycles. The number of non-ortho nitro benzene ring substituents is 1. The van der Waals surface area contributed by atoms with Crippen molar-refractivity contribution < 1.29 is 19.2 Å². The van der Waals surface area contributed by atoms with Gasteiger partial charge < -0.3 is 14.4 Å². The number of carbonyl (C=O) groups is 1. The van der Waals surface area contributed by atoms with Crippen molar-refractivity contribution in [1.29, 1.82) is 0 Å². The van der Waals surface area contributed by atoms with Crippen LogP contribution in [0.15, 0.2) is 42.5 Å². The van der Waals surface area contributed by atoms with Crippen LogP contribution < -0.4 is 9.47 Å². The van der Waals surface area contributed by atoms with E-state index in [1.807, 2.05) is 0 Å². The van der Waals surface area contributed by atoms with E-state index in [4.69, 9.17) is 21.1 Å². The van der Waals surface area contributed by atoms with E-state index in [0.29, 0.717) is 18.9 Å². The van der Waals surface area contributed by atoms with Gasteiger partial charge >= 0.3 is 0 Å². The van der Waals surface area contributed by atoms with Crippen LogP contribution in [0.1, 0.15) is 10.4 Å². The molecule has 0 aliphatic heterocycles. The maximum Gasteiger partial charge on any atom is 0.270 e. The van der Waals surface area contributed by atoms with Crippen LogP contribution in [-0.4, -0.2) is 43.0 Å². The van der Waals surface area contributed by atoms with E-state index >= 15 is 0 Å². The van der Waals surface area contributed by atoms with Crippen molar-refractivity contribution >= 4 is 23.2 Å². The fourth-order valence-corrected chi connectivity index (χ4v) is 2.33. The van der Waals surface area contributed by atoms with Gasteiger partial charge in [0.1, 0.15) is 18.1 Å². The van der Waals surface area contributed by atoms with Crippen molar-refractivity contribution in [3.63, 3.8) is 0 Å². The van der Waals surface area contributed by atoms with Crippen molar-refractivity contribution in [3.8, 4) is 11.5 Å². The standard InChI is InChI=1S/C17H17ClN2O5/c1-19(9-10-25-14-6-4-13(24-2)5-7-14)17(21)15-8-3-12(20(22)23)11-16(15)18/h3-8,11H,9-10H2,1-2H3. The van der Waals surface area contributed by atoms with Crippen molar-refractivity contribution in [3.05, 3.63) is 63.2 Å². The zero-order valence-corrected chi connectivity index (χ0v) is 14.5. The summed E-state index contributed by atoms with van der Waals surface area (Å²) < 4.78 is 10.6. The van der Waals surface area contributed by atoms with Gasteiger partial charge in [0.15, 0.2) is 0 Å². The molecule has 0 saturated heterocycles. The minimum absolute atomic E-state index is 0.0436. The van der Waals surface area contributed by atoms with Crippen LogP contribution in [0.5, 0.6) is 11.5 Å². The Labute approximate surface area is 149 Å². The highest BCUT2D eigenvalue weighted by atomic mass is 35.5. The number of hydrogen-bond acceptors (Lipinski definition) is 5. The number of nitro benzene ring substituents is 1. The SMILES string of the molecule is COc1ccc(OCCN(C)C(=O)c2ccc([N+](=O)[O-])cc2Cl)cc1. The lowest BCUT2D eigenvalue weighted by atomic mass is 10.2. The molecule has 0 N–H and O–H groups in total. The van der Waals surface area contributed by atoms with Gasteiger partial charge in [-0.05, 0) is 30.3 Å². The van der Waals surface area contributed by atoms with Gasteiger partial charge in [0.05, 0.1) is 29.2 Å². The van der Waals surface area contributed by atoms with Gasteiger partial charge in [0, 0.05) is 19.2 Å². The number of nitrogens with zero attached hydrogens (tertiary/aromatic N) is 2.